The summed E-state index contributed by atoms with van der Waals surface area (Å²) in [6.45, 7) is 0.133. The molecule has 1 heterocycles. The van der Waals surface area contributed by atoms with E-state index in [1.807, 2.05) is 18.2 Å². The van der Waals surface area contributed by atoms with Crippen molar-refractivity contribution in [2.45, 2.75) is 6.42 Å². The number of amides is 1. The van der Waals surface area contributed by atoms with Gasteiger partial charge >= 0.3 is 5.97 Å². The van der Waals surface area contributed by atoms with Gasteiger partial charge in [-0.2, -0.15) is 0 Å². The Morgan fingerprint density at radius 1 is 1.38 bits per heavy atom. The number of carbonyl (C=O) groups is 2. The van der Waals surface area contributed by atoms with Crippen LogP contribution < -0.4 is 0 Å². The van der Waals surface area contributed by atoms with E-state index in [9.17, 15) is 9.59 Å². The molecule has 0 unspecified atom stereocenters. The number of ether oxygens (including phenoxy) is 1. The van der Waals surface area contributed by atoms with E-state index in [4.69, 9.17) is 14.4 Å². The van der Waals surface area contributed by atoms with Crippen molar-refractivity contribution in [2.75, 3.05) is 26.8 Å². The highest BCUT2D eigenvalue weighted by Gasteiger charge is 2.19. The van der Waals surface area contributed by atoms with Crippen molar-refractivity contribution in [3.8, 4) is 0 Å². The molecule has 0 aliphatic carbocycles. The Hall–Kier alpha value is -2.41. The summed E-state index contributed by atoms with van der Waals surface area (Å²) in [6, 6.07) is 7.21. The number of aromatic nitrogens is 1. The van der Waals surface area contributed by atoms with Crippen molar-refractivity contribution in [3.05, 3.63) is 30.0 Å². The number of carbonyl (C=O) groups excluding carboxylic acids is 1. The van der Waals surface area contributed by atoms with Crippen LogP contribution in [0.5, 0.6) is 0 Å². The van der Waals surface area contributed by atoms with Gasteiger partial charge in [0.15, 0.2) is 5.58 Å². The number of methoxy groups -OCH3 is 1. The van der Waals surface area contributed by atoms with Gasteiger partial charge in [-0.15, -0.1) is 0 Å². The highest BCUT2D eigenvalue weighted by atomic mass is 16.5. The van der Waals surface area contributed by atoms with Gasteiger partial charge in [0.25, 0.3) is 0 Å². The summed E-state index contributed by atoms with van der Waals surface area (Å²) in [5.41, 5.74) is 1.10. The standard InChI is InChI=1S/C14H16N2O5/c1-20-7-6-16(9-14(18)19)13(17)8-11-10-4-2-3-5-12(10)21-15-11/h2-5H,6-9H2,1H3,(H,18,19). The minimum absolute atomic E-state index is 0.00594. The molecule has 0 aliphatic rings. The Morgan fingerprint density at radius 2 is 2.14 bits per heavy atom. The number of carboxylic acid groups (broad SMARTS) is 1. The zero-order valence-electron chi connectivity index (χ0n) is 11.6. The van der Waals surface area contributed by atoms with Gasteiger partial charge in [0.1, 0.15) is 12.2 Å². The van der Waals surface area contributed by atoms with Crippen LogP contribution in [0.3, 0.4) is 0 Å². The minimum Gasteiger partial charge on any atom is -0.480 e. The van der Waals surface area contributed by atoms with E-state index in [-0.39, 0.29) is 32.0 Å². The van der Waals surface area contributed by atoms with E-state index >= 15 is 0 Å². The molecule has 0 radical (unpaired) electrons. The molecule has 0 aliphatic heterocycles. The van der Waals surface area contributed by atoms with Gasteiger partial charge in [-0.25, -0.2) is 0 Å². The third kappa shape index (κ3) is 3.79. The number of benzene rings is 1. The molecule has 0 saturated heterocycles. The average molecular weight is 292 g/mol. The molecule has 2 rings (SSSR count). The molecule has 1 amide bonds. The lowest BCUT2D eigenvalue weighted by Gasteiger charge is -2.19. The van der Waals surface area contributed by atoms with Crippen LogP contribution in [-0.4, -0.2) is 53.8 Å². The minimum atomic E-state index is -1.07. The SMILES string of the molecule is COCCN(CC(=O)O)C(=O)Cc1noc2ccccc12. The number of aliphatic carboxylic acids is 1. The third-order valence-corrected chi connectivity index (χ3v) is 3.01. The first-order valence-corrected chi connectivity index (χ1v) is 6.43. The number of carboxylic acids is 1. The van der Waals surface area contributed by atoms with E-state index < -0.39 is 5.97 Å². The van der Waals surface area contributed by atoms with Crippen molar-refractivity contribution < 1.29 is 24.0 Å². The molecule has 1 aromatic heterocycles. The molecule has 7 heteroatoms. The molecule has 21 heavy (non-hydrogen) atoms. The molecule has 1 N–H and O–H groups in total. The summed E-state index contributed by atoms with van der Waals surface area (Å²) in [7, 11) is 1.49. The molecule has 2 aromatic rings. The molecular formula is C14H16N2O5. The van der Waals surface area contributed by atoms with Crippen LogP contribution in [0.1, 0.15) is 5.69 Å². The number of para-hydroxylation sites is 1. The molecule has 0 saturated carbocycles. The first-order chi connectivity index (χ1) is 10.1. The molecule has 1 aromatic carbocycles. The summed E-state index contributed by atoms with van der Waals surface area (Å²) in [5.74, 6) is -1.39. The highest BCUT2D eigenvalue weighted by molar-refractivity contribution is 5.87. The summed E-state index contributed by atoms with van der Waals surface area (Å²) in [6.07, 6.45) is -0.00594. The smallest absolute Gasteiger partial charge is 0.323 e. The molecule has 0 fully saturated rings. The lowest BCUT2D eigenvalue weighted by atomic mass is 10.1. The van der Waals surface area contributed by atoms with Crippen molar-refractivity contribution in [1.29, 1.82) is 0 Å². The maximum Gasteiger partial charge on any atom is 0.323 e. The molecular weight excluding hydrogens is 276 g/mol. The molecule has 112 valence electrons. The van der Waals surface area contributed by atoms with E-state index in [0.717, 1.165) is 5.39 Å². The number of fused-ring (bicyclic) bond motifs is 1. The largest absolute Gasteiger partial charge is 0.480 e. The van der Waals surface area contributed by atoms with E-state index in [2.05, 4.69) is 5.16 Å². The summed E-state index contributed by atoms with van der Waals surface area (Å²) >= 11 is 0. The average Bonchev–Trinajstić information content (AvgIpc) is 2.86. The van der Waals surface area contributed by atoms with Crippen LogP contribution in [0.2, 0.25) is 0 Å². The highest BCUT2D eigenvalue weighted by Crippen LogP contribution is 2.18. The van der Waals surface area contributed by atoms with Gasteiger partial charge in [-0.05, 0) is 12.1 Å². The number of hydrogen-bond donors (Lipinski definition) is 1. The lowest BCUT2D eigenvalue weighted by Crippen LogP contribution is -2.39. The van der Waals surface area contributed by atoms with Crippen LogP contribution in [0, 0.1) is 0 Å². The lowest BCUT2D eigenvalue weighted by molar-refractivity contribution is -0.144. The Morgan fingerprint density at radius 3 is 2.86 bits per heavy atom. The van der Waals surface area contributed by atoms with Gasteiger partial charge in [-0.3, -0.25) is 9.59 Å². The van der Waals surface area contributed by atoms with Crippen molar-refractivity contribution in [2.24, 2.45) is 0 Å². The Labute approximate surface area is 121 Å². The summed E-state index contributed by atoms with van der Waals surface area (Å²) in [4.78, 5) is 24.3. The second kappa shape index (κ2) is 6.85. The first kappa shape index (κ1) is 15.0. The zero-order chi connectivity index (χ0) is 15.2. The monoisotopic (exact) mass is 292 g/mol. The predicted molar refractivity (Wildman–Crippen MR) is 73.8 cm³/mol. The van der Waals surface area contributed by atoms with Gasteiger partial charge < -0.3 is 19.3 Å². The maximum absolute atomic E-state index is 12.2. The van der Waals surface area contributed by atoms with Crippen LogP contribution in [0.4, 0.5) is 0 Å². The second-order valence-electron chi connectivity index (χ2n) is 4.50. The first-order valence-electron chi connectivity index (χ1n) is 6.43. The Balaban J connectivity index is 2.11. The number of rotatable bonds is 7. The van der Waals surface area contributed by atoms with Crippen molar-refractivity contribution in [1.82, 2.24) is 10.1 Å². The normalized spacial score (nSPS) is 10.7. The molecule has 7 nitrogen and oxygen atoms in total. The number of nitrogens with zero attached hydrogens (tertiary/aromatic N) is 2. The number of hydrogen-bond acceptors (Lipinski definition) is 5. The van der Waals surface area contributed by atoms with Crippen LogP contribution in [-0.2, 0) is 20.7 Å². The topological polar surface area (TPSA) is 92.9 Å². The van der Waals surface area contributed by atoms with Crippen molar-refractivity contribution >= 4 is 22.8 Å². The Bertz CT molecular complexity index is 637. The van der Waals surface area contributed by atoms with E-state index in [1.54, 1.807) is 6.07 Å². The quantitative estimate of drug-likeness (QED) is 0.816. The molecule has 0 atom stereocenters. The zero-order valence-corrected chi connectivity index (χ0v) is 11.6. The van der Waals surface area contributed by atoms with Gasteiger partial charge in [0.05, 0.1) is 13.0 Å². The van der Waals surface area contributed by atoms with Crippen molar-refractivity contribution in [3.63, 3.8) is 0 Å². The molecule has 0 bridgehead atoms. The van der Waals surface area contributed by atoms with E-state index in [0.29, 0.717) is 11.3 Å². The fourth-order valence-electron chi connectivity index (χ4n) is 1.98. The fraction of sp³-hybridized carbons (Fsp3) is 0.357. The van der Waals surface area contributed by atoms with Crippen LogP contribution in [0.25, 0.3) is 11.0 Å². The van der Waals surface area contributed by atoms with Crippen LogP contribution in [0.15, 0.2) is 28.8 Å². The van der Waals surface area contributed by atoms with Gasteiger partial charge in [-0.1, -0.05) is 17.3 Å². The summed E-state index contributed by atoms with van der Waals surface area (Å²) in [5, 5.41) is 13.5. The molecule has 0 spiro atoms. The maximum atomic E-state index is 12.2. The Kier molecular flexibility index (Phi) is 4.89. The van der Waals surface area contributed by atoms with Crippen LogP contribution >= 0.6 is 0 Å². The second-order valence-corrected chi connectivity index (χ2v) is 4.50. The summed E-state index contributed by atoms with van der Waals surface area (Å²) < 4.78 is 10.0. The van der Waals surface area contributed by atoms with Gasteiger partial charge in [0, 0.05) is 19.0 Å². The third-order valence-electron chi connectivity index (χ3n) is 3.01. The van der Waals surface area contributed by atoms with E-state index in [1.165, 1.54) is 12.0 Å². The predicted octanol–water partition coefficient (Wildman–Crippen LogP) is 0.930. The van der Waals surface area contributed by atoms with Gasteiger partial charge in [0.2, 0.25) is 5.91 Å². The fourth-order valence-corrected chi connectivity index (χ4v) is 1.98.